The molecule has 37 valence electrons. The largest absolute Gasteiger partial charge is 0.337 e. The first kappa shape index (κ1) is 6.89. The van der Waals surface area contributed by atoms with E-state index in [4.69, 9.17) is 23.2 Å². The minimum atomic E-state index is -0.762. The Morgan fingerprint density at radius 2 is 2.17 bits per heavy atom. The maximum atomic E-state index is 5.05. The zero-order valence-corrected chi connectivity index (χ0v) is 5.19. The lowest BCUT2D eigenvalue weighted by Gasteiger charge is -1.93. The summed E-state index contributed by atoms with van der Waals surface area (Å²) in [6.45, 7) is 0. The third kappa shape index (κ3) is 4.89. The Bertz CT molecular complexity index is 32.7. The standard InChI is InChI=1S/C2H3Cl2OS/c3-2(4)5-1-6/h2H,1H2. The van der Waals surface area contributed by atoms with E-state index in [1.165, 1.54) is 0 Å². The van der Waals surface area contributed by atoms with E-state index in [9.17, 15) is 0 Å². The normalized spacial score (nSPS) is 10.0. The van der Waals surface area contributed by atoms with Crippen molar-refractivity contribution in [1.29, 1.82) is 0 Å². The van der Waals surface area contributed by atoms with Crippen molar-refractivity contribution >= 4 is 35.8 Å². The van der Waals surface area contributed by atoms with Crippen molar-refractivity contribution in [1.82, 2.24) is 0 Å². The fourth-order valence-electron chi connectivity index (χ4n) is 0.0514. The Morgan fingerprint density at radius 1 is 1.67 bits per heavy atom. The molecule has 0 saturated carbocycles. The van der Waals surface area contributed by atoms with Crippen molar-refractivity contribution in [3.63, 3.8) is 0 Å². The van der Waals surface area contributed by atoms with Crippen LogP contribution in [0.3, 0.4) is 0 Å². The molecule has 0 spiro atoms. The highest BCUT2D eigenvalue weighted by molar-refractivity contribution is 7.80. The molecule has 0 aromatic rings. The number of rotatable bonds is 2. The van der Waals surface area contributed by atoms with Gasteiger partial charge in [-0.3, -0.25) is 0 Å². The van der Waals surface area contributed by atoms with Gasteiger partial charge in [-0.05, 0) is 0 Å². The molecular formula is C2H3Cl2OS. The third-order valence-corrected chi connectivity index (χ3v) is 0.582. The first-order chi connectivity index (χ1) is 2.77. The van der Waals surface area contributed by atoms with Crippen LogP contribution in [0.1, 0.15) is 0 Å². The van der Waals surface area contributed by atoms with E-state index in [1.54, 1.807) is 0 Å². The second-order valence-electron chi connectivity index (χ2n) is 0.545. The lowest BCUT2D eigenvalue weighted by molar-refractivity contribution is 0.209. The predicted molar refractivity (Wildman–Crippen MR) is 29.0 cm³/mol. The highest BCUT2D eigenvalue weighted by Gasteiger charge is 1.90. The molecule has 6 heavy (non-hydrogen) atoms. The highest BCUT2D eigenvalue weighted by atomic mass is 35.5. The summed E-state index contributed by atoms with van der Waals surface area (Å²) in [6, 6.07) is 0. The minimum Gasteiger partial charge on any atom is -0.337 e. The van der Waals surface area contributed by atoms with Crippen LogP contribution >= 0.6 is 35.8 Å². The average Bonchev–Trinajstić information content (AvgIpc) is 1.35. The number of hydrogen-bond donors (Lipinski definition) is 0. The van der Waals surface area contributed by atoms with Crippen LogP contribution in [-0.2, 0) is 4.74 Å². The second kappa shape index (κ2) is 4.06. The molecule has 4 heteroatoms. The Balaban J connectivity index is 2.63. The number of alkyl halides is 2. The molecule has 0 aromatic carbocycles. The van der Waals surface area contributed by atoms with Crippen LogP contribution in [0.4, 0.5) is 0 Å². The van der Waals surface area contributed by atoms with Crippen LogP contribution < -0.4 is 0 Å². The Labute approximate surface area is 52.0 Å². The first-order valence-electron chi connectivity index (χ1n) is 1.25. The molecule has 0 heterocycles. The summed E-state index contributed by atoms with van der Waals surface area (Å²) in [4.78, 5) is 0. The molecule has 0 rings (SSSR count). The van der Waals surface area contributed by atoms with Crippen molar-refractivity contribution in [3.05, 3.63) is 0 Å². The Kier molecular flexibility index (Phi) is 4.66. The maximum Gasteiger partial charge on any atom is 0.207 e. The predicted octanol–water partition coefficient (Wildman–Crippen LogP) is 1.92. The quantitative estimate of drug-likeness (QED) is 0.540. The van der Waals surface area contributed by atoms with Gasteiger partial charge in [-0.15, -0.1) is 0 Å². The van der Waals surface area contributed by atoms with E-state index < -0.39 is 5.02 Å². The monoisotopic (exact) mass is 145 g/mol. The highest BCUT2D eigenvalue weighted by Crippen LogP contribution is 2.02. The van der Waals surface area contributed by atoms with Crippen molar-refractivity contribution in [2.45, 2.75) is 5.02 Å². The van der Waals surface area contributed by atoms with Crippen molar-refractivity contribution in [2.24, 2.45) is 0 Å². The van der Waals surface area contributed by atoms with E-state index in [0.29, 0.717) is 0 Å². The molecule has 0 aliphatic carbocycles. The molecular weight excluding hydrogens is 143 g/mol. The van der Waals surface area contributed by atoms with Crippen LogP contribution in [0.25, 0.3) is 0 Å². The SMILES string of the molecule is [S]COC(Cl)Cl. The molecule has 0 aliphatic rings. The minimum absolute atomic E-state index is 0.150. The zero-order valence-electron chi connectivity index (χ0n) is 2.86. The maximum absolute atomic E-state index is 5.05. The van der Waals surface area contributed by atoms with Gasteiger partial charge in [-0.25, -0.2) is 0 Å². The lowest BCUT2D eigenvalue weighted by atomic mass is 11.5. The van der Waals surface area contributed by atoms with Gasteiger partial charge in [0.05, 0.1) is 0 Å². The second-order valence-corrected chi connectivity index (χ2v) is 1.80. The Hall–Kier alpha value is 0.890. The molecule has 1 nitrogen and oxygen atoms in total. The fraction of sp³-hybridized carbons (Fsp3) is 1.00. The van der Waals surface area contributed by atoms with Crippen LogP contribution in [-0.4, -0.2) is 11.0 Å². The fourth-order valence-corrected chi connectivity index (χ4v) is 0.463. The van der Waals surface area contributed by atoms with Crippen LogP contribution in [0.5, 0.6) is 0 Å². The van der Waals surface area contributed by atoms with E-state index in [1.807, 2.05) is 0 Å². The third-order valence-electron chi connectivity index (χ3n) is 0.194. The van der Waals surface area contributed by atoms with E-state index in [2.05, 4.69) is 17.4 Å². The van der Waals surface area contributed by atoms with Gasteiger partial charge in [0.15, 0.2) is 0 Å². The summed E-state index contributed by atoms with van der Waals surface area (Å²) in [7, 11) is 0. The van der Waals surface area contributed by atoms with Gasteiger partial charge in [0.1, 0.15) is 5.94 Å². The van der Waals surface area contributed by atoms with E-state index in [-0.39, 0.29) is 5.94 Å². The summed E-state index contributed by atoms with van der Waals surface area (Å²) in [5.74, 6) is 0.150. The zero-order chi connectivity index (χ0) is 4.99. The summed E-state index contributed by atoms with van der Waals surface area (Å²) in [6.07, 6.45) is 0. The van der Waals surface area contributed by atoms with Gasteiger partial charge < -0.3 is 4.74 Å². The topological polar surface area (TPSA) is 9.23 Å². The van der Waals surface area contributed by atoms with Gasteiger partial charge in [0.25, 0.3) is 0 Å². The molecule has 0 aromatic heterocycles. The smallest absolute Gasteiger partial charge is 0.207 e. The number of hydrogen-bond acceptors (Lipinski definition) is 1. The number of ether oxygens (including phenoxy) is 1. The molecule has 0 bridgehead atoms. The van der Waals surface area contributed by atoms with Gasteiger partial charge in [0.2, 0.25) is 5.02 Å². The van der Waals surface area contributed by atoms with Gasteiger partial charge in [-0.2, -0.15) is 0 Å². The first-order valence-corrected chi connectivity index (χ1v) is 2.70. The van der Waals surface area contributed by atoms with Crippen molar-refractivity contribution < 1.29 is 4.74 Å². The average molecular weight is 146 g/mol. The molecule has 0 fully saturated rings. The number of halogens is 2. The molecule has 0 N–H and O–H groups in total. The van der Waals surface area contributed by atoms with E-state index >= 15 is 0 Å². The molecule has 0 atom stereocenters. The van der Waals surface area contributed by atoms with Crippen molar-refractivity contribution in [3.8, 4) is 0 Å². The molecule has 1 radical (unpaired) electrons. The summed E-state index contributed by atoms with van der Waals surface area (Å²) in [5.41, 5.74) is 0. The lowest BCUT2D eigenvalue weighted by Crippen LogP contribution is -1.91. The van der Waals surface area contributed by atoms with Gasteiger partial charge in [0, 0.05) is 0 Å². The van der Waals surface area contributed by atoms with Crippen molar-refractivity contribution in [2.75, 3.05) is 5.94 Å². The summed E-state index contributed by atoms with van der Waals surface area (Å²) < 4.78 is 4.39. The molecule has 0 aliphatic heterocycles. The Morgan fingerprint density at radius 3 is 2.17 bits per heavy atom. The molecule has 0 unspecified atom stereocenters. The van der Waals surface area contributed by atoms with Gasteiger partial charge in [-0.1, -0.05) is 35.8 Å². The van der Waals surface area contributed by atoms with Crippen LogP contribution in [0.15, 0.2) is 0 Å². The van der Waals surface area contributed by atoms with Crippen LogP contribution in [0.2, 0.25) is 0 Å². The van der Waals surface area contributed by atoms with Crippen LogP contribution in [0, 0.1) is 0 Å². The van der Waals surface area contributed by atoms with Gasteiger partial charge >= 0.3 is 0 Å². The molecule has 0 saturated heterocycles. The summed E-state index contributed by atoms with van der Waals surface area (Å²) in [5, 5.41) is -0.762. The molecule has 0 amide bonds. The van der Waals surface area contributed by atoms with E-state index in [0.717, 1.165) is 0 Å². The summed E-state index contributed by atoms with van der Waals surface area (Å²) >= 11 is 14.4.